The zero-order chi connectivity index (χ0) is 12.5. The number of aromatic nitrogens is 3. The Kier molecular flexibility index (Phi) is 2.93. The molecule has 0 fully saturated rings. The van der Waals surface area contributed by atoms with E-state index >= 15 is 0 Å². The van der Waals surface area contributed by atoms with Crippen molar-refractivity contribution in [2.45, 2.75) is 18.9 Å². The summed E-state index contributed by atoms with van der Waals surface area (Å²) in [6.45, 7) is 1.68. The minimum absolute atomic E-state index is 0.316. The van der Waals surface area contributed by atoms with Gasteiger partial charge in [-0.3, -0.25) is 4.68 Å². The second-order valence-electron chi connectivity index (χ2n) is 4.26. The molecule has 2 rings (SSSR count). The van der Waals surface area contributed by atoms with E-state index in [9.17, 15) is 9.50 Å². The summed E-state index contributed by atoms with van der Waals surface area (Å²) in [5.74, 6) is 0.363. The maximum atomic E-state index is 12.8. The van der Waals surface area contributed by atoms with E-state index in [1.54, 1.807) is 30.8 Å². The van der Waals surface area contributed by atoms with Crippen molar-refractivity contribution in [2.75, 3.05) is 0 Å². The Balaban J connectivity index is 2.24. The van der Waals surface area contributed by atoms with E-state index in [1.165, 1.54) is 18.5 Å². The molecule has 1 aromatic heterocycles. The van der Waals surface area contributed by atoms with E-state index in [1.807, 2.05) is 0 Å². The summed E-state index contributed by atoms with van der Waals surface area (Å²) in [5, 5.41) is 14.3. The first-order valence-corrected chi connectivity index (χ1v) is 5.30. The molecule has 17 heavy (non-hydrogen) atoms. The molecule has 0 aliphatic rings. The van der Waals surface area contributed by atoms with Gasteiger partial charge in [-0.25, -0.2) is 9.37 Å². The lowest BCUT2D eigenvalue weighted by molar-refractivity contribution is 0.0544. The van der Waals surface area contributed by atoms with Crippen LogP contribution in [0.25, 0.3) is 0 Å². The predicted molar refractivity (Wildman–Crippen MR) is 60.7 cm³/mol. The molecule has 0 saturated heterocycles. The Labute approximate surface area is 98.7 Å². The van der Waals surface area contributed by atoms with Gasteiger partial charge in [0.15, 0.2) is 0 Å². The Morgan fingerprint density at radius 3 is 2.53 bits per heavy atom. The lowest BCUT2D eigenvalue weighted by Crippen LogP contribution is -2.26. The van der Waals surface area contributed by atoms with Crippen LogP contribution in [0.5, 0.6) is 0 Å². The van der Waals surface area contributed by atoms with Gasteiger partial charge in [-0.1, -0.05) is 12.1 Å². The van der Waals surface area contributed by atoms with Crippen molar-refractivity contribution in [2.24, 2.45) is 7.05 Å². The van der Waals surface area contributed by atoms with Crippen LogP contribution >= 0.6 is 0 Å². The molecule has 1 aromatic carbocycles. The number of aliphatic hydroxyl groups is 1. The van der Waals surface area contributed by atoms with Crippen molar-refractivity contribution in [3.8, 4) is 0 Å². The molecule has 1 N–H and O–H groups in total. The molecule has 1 heterocycles. The molecule has 1 atom stereocenters. The highest BCUT2D eigenvalue weighted by molar-refractivity contribution is 5.23. The topological polar surface area (TPSA) is 50.9 Å². The van der Waals surface area contributed by atoms with Gasteiger partial charge in [0.1, 0.15) is 18.0 Å². The molecule has 1 unspecified atom stereocenters. The number of rotatable bonds is 3. The molecule has 0 aliphatic carbocycles. The largest absolute Gasteiger partial charge is 0.385 e. The summed E-state index contributed by atoms with van der Waals surface area (Å²) in [6, 6.07) is 5.82. The number of hydrogen-bond donors (Lipinski definition) is 1. The average Bonchev–Trinajstić information content (AvgIpc) is 2.64. The summed E-state index contributed by atoms with van der Waals surface area (Å²) in [5.41, 5.74) is -0.434. The van der Waals surface area contributed by atoms with E-state index < -0.39 is 5.60 Å². The van der Waals surface area contributed by atoms with E-state index in [4.69, 9.17) is 0 Å². The highest BCUT2D eigenvalue weighted by Crippen LogP contribution is 2.24. The highest BCUT2D eigenvalue weighted by atomic mass is 19.1. The maximum Gasteiger partial charge on any atom is 0.138 e. The van der Waals surface area contributed by atoms with Crippen LogP contribution in [-0.4, -0.2) is 19.9 Å². The minimum atomic E-state index is -1.09. The average molecular weight is 235 g/mol. The smallest absolute Gasteiger partial charge is 0.138 e. The number of hydrogen-bond acceptors (Lipinski definition) is 3. The zero-order valence-corrected chi connectivity index (χ0v) is 9.76. The SMILES string of the molecule is Cn1ncnc1CC(C)(O)c1ccc(F)cc1. The third kappa shape index (κ3) is 2.50. The molecule has 90 valence electrons. The van der Waals surface area contributed by atoms with Crippen LogP contribution in [0.15, 0.2) is 30.6 Å². The Morgan fingerprint density at radius 1 is 1.35 bits per heavy atom. The van der Waals surface area contributed by atoms with Gasteiger partial charge < -0.3 is 5.11 Å². The molecular formula is C12H14FN3O. The second kappa shape index (κ2) is 4.25. The van der Waals surface area contributed by atoms with Gasteiger partial charge >= 0.3 is 0 Å². The second-order valence-corrected chi connectivity index (χ2v) is 4.26. The minimum Gasteiger partial charge on any atom is -0.385 e. The normalized spacial score (nSPS) is 14.6. The molecule has 4 nitrogen and oxygen atoms in total. The molecule has 0 radical (unpaired) electrons. The third-order valence-electron chi connectivity index (χ3n) is 2.77. The molecule has 0 spiro atoms. The van der Waals surface area contributed by atoms with E-state index in [0.717, 1.165) is 0 Å². The molecule has 5 heteroatoms. The summed E-state index contributed by atoms with van der Waals surface area (Å²) in [7, 11) is 1.77. The molecular weight excluding hydrogens is 221 g/mol. The zero-order valence-electron chi connectivity index (χ0n) is 9.76. The van der Waals surface area contributed by atoms with Gasteiger partial charge in [-0.05, 0) is 24.6 Å². The van der Waals surface area contributed by atoms with Crippen LogP contribution in [0.3, 0.4) is 0 Å². The fourth-order valence-corrected chi connectivity index (χ4v) is 1.70. The van der Waals surface area contributed by atoms with E-state index in [-0.39, 0.29) is 5.82 Å². The van der Waals surface area contributed by atoms with E-state index in [2.05, 4.69) is 10.1 Å². The number of halogens is 1. The lowest BCUT2D eigenvalue weighted by Gasteiger charge is -2.23. The first-order valence-electron chi connectivity index (χ1n) is 5.30. The Hall–Kier alpha value is -1.75. The van der Waals surface area contributed by atoms with Crippen molar-refractivity contribution in [3.05, 3.63) is 47.8 Å². The van der Waals surface area contributed by atoms with Gasteiger partial charge in [-0.2, -0.15) is 5.10 Å². The predicted octanol–water partition coefficient (Wildman–Crippen LogP) is 1.40. The van der Waals surface area contributed by atoms with Crippen LogP contribution in [-0.2, 0) is 19.1 Å². The highest BCUT2D eigenvalue weighted by Gasteiger charge is 2.25. The van der Waals surface area contributed by atoms with Gasteiger partial charge in [0, 0.05) is 13.5 Å². The summed E-state index contributed by atoms with van der Waals surface area (Å²) >= 11 is 0. The fraction of sp³-hybridized carbons (Fsp3) is 0.333. The molecule has 0 saturated carbocycles. The van der Waals surface area contributed by atoms with Crippen molar-refractivity contribution in [1.29, 1.82) is 0 Å². The number of benzene rings is 1. The van der Waals surface area contributed by atoms with Crippen molar-refractivity contribution in [1.82, 2.24) is 14.8 Å². The van der Waals surface area contributed by atoms with E-state index in [0.29, 0.717) is 17.8 Å². The van der Waals surface area contributed by atoms with Crippen molar-refractivity contribution in [3.63, 3.8) is 0 Å². The lowest BCUT2D eigenvalue weighted by atomic mass is 9.92. The molecule has 0 aliphatic heterocycles. The third-order valence-corrected chi connectivity index (χ3v) is 2.77. The van der Waals surface area contributed by atoms with Crippen molar-refractivity contribution >= 4 is 0 Å². The molecule has 0 bridgehead atoms. The quantitative estimate of drug-likeness (QED) is 0.875. The van der Waals surface area contributed by atoms with Crippen LogP contribution in [0.4, 0.5) is 4.39 Å². The maximum absolute atomic E-state index is 12.8. The Bertz CT molecular complexity index is 505. The first-order chi connectivity index (χ1) is 7.99. The standard InChI is InChI=1S/C12H14FN3O/c1-12(17,7-11-14-8-15-16(11)2)9-3-5-10(13)6-4-9/h3-6,8,17H,7H2,1-2H3. The van der Waals surface area contributed by atoms with Crippen LogP contribution in [0.2, 0.25) is 0 Å². The molecule has 0 amide bonds. The van der Waals surface area contributed by atoms with Gasteiger partial charge in [0.2, 0.25) is 0 Å². The number of nitrogens with zero attached hydrogens (tertiary/aromatic N) is 3. The summed E-state index contributed by atoms with van der Waals surface area (Å²) in [4.78, 5) is 4.06. The van der Waals surface area contributed by atoms with Gasteiger partial charge in [-0.15, -0.1) is 0 Å². The van der Waals surface area contributed by atoms with Gasteiger partial charge in [0.25, 0.3) is 0 Å². The molecule has 2 aromatic rings. The number of aryl methyl sites for hydroxylation is 1. The van der Waals surface area contributed by atoms with Crippen LogP contribution in [0, 0.1) is 5.82 Å². The van der Waals surface area contributed by atoms with Crippen LogP contribution < -0.4 is 0 Å². The Morgan fingerprint density at radius 2 is 2.00 bits per heavy atom. The fourth-order valence-electron chi connectivity index (χ4n) is 1.70. The summed E-state index contributed by atoms with van der Waals surface area (Å²) in [6.07, 6.45) is 1.77. The van der Waals surface area contributed by atoms with Gasteiger partial charge in [0.05, 0.1) is 5.60 Å². The van der Waals surface area contributed by atoms with Crippen molar-refractivity contribution < 1.29 is 9.50 Å². The van der Waals surface area contributed by atoms with Crippen LogP contribution in [0.1, 0.15) is 18.3 Å². The summed E-state index contributed by atoms with van der Waals surface area (Å²) < 4.78 is 14.4. The monoisotopic (exact) mass is 235 g/mol. The first kappa shape index (κ1) is 11.7.